The smallest absolute Gasteiger partial charge is 0.320 e. The van der Waals surface area contributed by atoms with E-state index in [-0.39, 0.29) is 12.5 Å². The quantitative estimate of drug-likeness (QED) is 0.202. The molecule has 0 aromatic heterocycles. The highest BCUT2D eigenvalue weighted by Crippen LogP contribution is 2.04. The van der Waals surface area contributed by atoms with Crippen LogP contribution < -0.4 is 22.1 Å². The van der Waals surface area contributed by atoms with Crippen LogP contribution in [0.25, 0.3) is 0 Å². The van der Waals surface area contributed by atoms with Gasteiger partial charge in [0.05, 0.1) is 12.6 Å². The zero-order valence-electron chi connectivity index (χ0n) is 18.8. The number of nitrogens with two attached hydrogens (primary N) is 2. The topological polar surface area (TPSA) is 185 Å². The summed E-state index contributed by atoms with van der Waals surface area (Å²) in [6, 6.07) is -1.32. The third kappa shape index (κ3) is 22.0. The van der Waals surface area contributed by atoms with Crippen molar-refractivity contribution in [3.05, 3.63) is 12.7 Å². The Morgan fingerprint density at radius 3 is 1.90 bits per heavy atom. The van der Waals surface area contributed by atoms with Crippen LogP contribution in [0.4, 0.5) is 0 Å². The van der Waals surface area contributed by atoms with Crippen LogP contribution in [0, 0.1) is 11.8 Å². The highest BCUT2D eigenvalue weighted by atomic mass is 16.4. The Morgan fingerprint density at radius 2 is 1.60 bits per heavy atom. The molecule has 0 rings (SSSR count). The third-order valence-corrected chi connectivity index (χ3v) is 3.74. The third-order valence-electron chi connectivity index (χ3n) is 3.74. The van der Waals surface area contributed by atoms with Gasteiger partial charge < -0.3 is 27.0 Å². The lowest BCUT2D eigenvalue weighted by molar-refractivity contribution is -0.139. The summed E-state index contributed by atoms with van der Waals surface area (Å²) in [5, 5.41) is 21.2. The summed E-state index contributed by atoms with van der Waals surface area (Å²) in [6.45, 7) is 13.8. The Morgan fingerprint density at radius 1 is 1.07 bits per heavy atom. The van der Waals surface area contributed by atoms with Crippen molar-refractivity contribution in [2.45, 2.75) is 66.0 Å². The SMILES string of the molecule is C=CC(=O)NC(=O)C(N)C(C)CC.CC(C)CC(N)C(=O)O.CCCNCC(=O)O. The molecule has 0 fully saturated rings. The molecule has 3 unspecified atom stereocenters. The van der Waals surface area contributed by atoms with E-state index in [0.29, 0.717) is 12.3 Å². The molecule has 0 aliphatic heterocycles. The Bertz CT molecular complexity index is 525. The number of nitrogens with one attached hydrogen (secondary N) is 2. The molecule has 10 heteroatoms. The highest BCUT2D eigenvalue weighted by molar-refractivity contribution is 6.02. The minimum Gasteiger partial charge on any atom is -0.480 e. The summed E-state index contributed by atoms with van der Waals surface area (Å²) >= 11 is 0. The lowest BCUT2D eigenvalue weighted by atomic mass is 9.99. The van der Waals surface area contributed by atoms with Crippen LogP contribution in [-0.2, 0) is 19.2 Å². The number of carbonyl (C=O) groups excluding carboxylic acids is 2. The molecule has 8 N–H and O–H groups in total. The van der Waals surface area contributed by atoms with Crippen molar-refractivity contribution in [2.75, 3.05) is 13.1 Å². The summed E-state index contributed by atoms with van der Waals surface area (Å²) in [6.07, 6.45) is 3.38. The maximum atomic E-state index is 11.2. The van der Waals surface area contributed by atoms with Crippen LogP contribution in [0.2, 0.25) is 0 Å². The van der Waals surface area contributed by atoms with Gasteiger partial charge in [-0.15, -0.1) is 0 Å². The molecule has 0 bridgehead atoms. The van der Waals surface area contributed by atoms with Crippen LogP contribution in [0.5, 0.6) is 0 Å². The summed E-state index contributed by atoms with van der Waals surface area (Å²) in [5.74, 6) is -2.24. The van der Waals surface area contributed by atoms with E-state index < -0.39 is 35.8 Å². The molecule has 0 aliphatic rings. The average molecular weight is 433 g/mol. The van der Waals surface area contributed by atoms with Gasteiger partial charge in [-0.3, -0.25) is 24.5 Å². The maximum absolute atomic E-state index is 11.2. The van der Waals surface area contributed by atoms with Gasteiger partial charge in [0.1, 0.15) is 6.04 Å². The standard InChI is InChI=1S/C9H16N2O2.C6H13NO2.C5H11NO2/c1-4-6(3)8(10)9(13)11-7(12)5-2;1-4(2)3-5(7)6(8)9;1-2-3-6-4-5(7)8/h5-6,8H,2,4,10H2,1,3H3,(H,11,12,13);4-5H,3,7H2,1-2H3,(H,8,9);6H,2-4H2,1H3,(H,7,8). The number of hydrogen-bond acceptors (Lipinski definition) is 7. The Labute approximate surface area is 179 Å². The minimum absolute atomic E-state index is 0.0672. The van der Waals surface area contributed by atoms with Crippen molar-refractivity contribution in [3.8, 4) is 0 Å². The predicted molar refractivity (Wildman–Crippen MR) is 117 cm³/mol. The number of carbonyl (C=O) groups is 4. The van der Waals surface area contributed by atoms with E-state index in [9.17, 15) is 19.2 Å². The molecular weight excluding hydrogens is 392 g/mol. The van der Waals surface area contributed by atoms with Gasteiger partial charge in [0.25, 0.3) is 0 Å². The molecule has 176 valence electrons. The zero-order chi connectivity index (χ0) is 24.3. The molecule has 0 saturated heterocycles. The lowest BCUT2D eigenvalue weighted by Gasteiger charge is -2.16. The van der Waals surface area contributed by atoms with E-state index in [0.717, 1.165) is 25.5 Å². The number of hydrogen-bond donors (Lipinski definition) is 6. The van der Waals surface area contributed by atoms with Gasteiger partial charge in [-0.05, 0) is 37.3 Å². The molecule has 0 heterocycles. The van der Waals surface area contributed by atoms with E-state index in [1.165, 1.54) is 0 Å². The van der Waals surface area contributed by atoms with E-state index in [4.69, 9.17) is 21.7 Å². The number of rotatable bonds is 11. The number of aliphatic carboxylic acids is 2. The second kappa shape index (κ2) is 20.0. The summed E-state index contributed by atoms with van der Waals surface area (Å²) in [5.41, 5.74) is 10.8. The van der Waals surface area contributed by atoms with E-state index >= 15 is 0 Å². The van der Waals surface area contributed by atoms with Crippen molar-refractivity contribution in [1.29, 1.82) is 0 Å². The van der Waals surface area contributed by atoms with Crippen molar-refractivity contribution in [2.24, 2.45) is 23.3 Å². The molecule has 0 spiro atoms. The molecule has 2 amide bonds. The van der Waals surface area contributed by atoms with Gasteiger partial charge in [-0.2, -0.15) is 0 Å². The van der Waals surface area contributed by atoms with Crippen LogP contribution >= 0.6 is 0 Å². The second-order valence-corrected chi connectivity index (χ2v) is 7.11. The first-order valence-corrected chi connectivity index (χ1v) is 9.97. The van der Waals surface area contributed by atoms with E-state index in [1.807, 2.05) is 34.6 Å². The monoisotopic (exact) mass is 432 g/mol. The molecule has 30 heavy (non-hydrogen) atoms. The first-order chi connectivity index (χ1) is 13.8. The fourth-order valence-electron chi connectivity index (χ4n) is 1.75. The molecule has 0 aliphatic carbocycles. The largest absolute Gasteiger partial charge is 0.480 e. The van der Waals surface area contributed by atoms with Gasteiger partial charge in [0.2, 0.25) is 11.8 Å². The molecule has 10 nitrogen and oxygen atoms in total. The van der Waals surface area contributed by atoms with Crippen LogP contribution in [0.3, 0.4) is 0 Å². The Hall–Kier alpha value is -2.30. The Kier molecular flexibility index (Phi) is 21.6. The first kappa shape index (κ1) is 32.4. The lowest BCUT2D eigenvalue weighted by Crippen LogP contribution is -2.46. The zero-order valence-corrected chi connectivity index (χ0v) is 18.8. The Balaban J connectivity index is -0.000000379. The molecule has 3 atom stereocenters. The molecule has 0 radical (unpaired) electrons. The van der Waals surface area contributed by atoms with Gasteiger partial charge in [-0.1, -0.05) is 47.6 Å². The normalized spacial score (nSPS) is 12.8. The van der Waals surface area contributed by atoms with Crippen molar-refractivity contribution in [3.63, 3.8) is 0 Å². The summed E-state index contributed by atoms with van der Waals surface area (Å²) in [4.78, 5) is 41.9. The van der Waals surface area contributed by atoms with Crippen LogP contribution in [0.15, 0.2) is 12.7 Å². The molecule has 0 aromatic rings. The minimum atomic E-state index is -0.913. The number of amides is 2. The highest BCUT2D eigenvalue weighted by Gasteiger charge is 2.20. The molecular formula is C20H40N4O6. The maximum Gasteiger partial charge on any atom is 0.320 e. The fraction of sp³-hybridized carbons (Fsp3) is 0.700. The molecule has 0 aromatic carbocycles. The van der Waals surface area contributed by atoms with E-state index in [2.05, 4.69) is 17.2 Å². The van der Waals surface area contributed by atoms with Gasteiger partial charge in [0, 0.05) is 0 Å². The fourth-order valence-corrected chi connectivity index (χ4v) is 1.75. The van der Waals surface area contributed by atoms with Crippen molar-refractivity contribution >= 4 is 23.8 Å². The number of carboxylic acid groups (broad SMARTS) is 2. The van der Waals surface area contributed by atoms with Crippen LogP contribution in [-0.4, -0.2) is 59.1 Å². The summed E-state index contributed by atoms with van der Waals surface area (Å²) in [7, 11) is 0. The first-order valence-electron chi connectivity index (χ1n) is 9.97. The van der Waals surface area contributed by atoms with Gasteiger partial charge >= 0.3 is 11.9 Å². The van der Waals surface area contributed by atoms with Gasteiger partial charge in [-0.25, -0.2) is 0 Å². The number of carboxylic acids is 2. The summed E-state index contributed by atoms with van der Waals surface area (Å²) < 4.78 is 0. The average Bonchev–Trinajstić information content (AvgIpc) is 2.66. The second-order valence-electron chi connectivity index (χ2n) is 7.11. The van der Waals surface area contributed by atoms with Crippen molar-refractivity contribution < 1.29 is 29.4 Å². The predicted octanol–water partition coefficient (Wildman–Crippen LogP) is 0.704. The van der Waals surface area contributed by atoms with E-state index in [1.54, 1.807) is 0 Å². The molecule has 0 saturated carbocycles. The van der Waals surface area contributed by atoms with Gasteiger partial charge in [0.15, 0.2) is 0 Å². The van der Waals surface area contributed by atoms with Crippen LogP contribution in [0.1, 0.15) is 53.9 Å². The van der Waals surface area contributed by atoms with Crippen molar-refractivity contribution in [1.82, 2.24) is 10.6 Å². The number of imide groups is 1.